The third-order valence-electron chi connectivity index (χ3n) is 18.1. The minimum absolute atomic E-state index is 0.0437. The van der Waals surface area contributed by atoms with E-state index in [0.717, 1.165) is 82.6 Å². The Bertz CT molecular complexity index is 2840. The van der Waals surface area contributed by atoms with Crippen LogP contribution in [0.3, 0.4) is 0 Å². The van der Waals surface area contributed by atoms with Crippen molar-refractivity contribution in [2.24, 2.45) is 11.3 Å². The highest BCUT2D eigenvalue weighted by Crippen LogP contribution is 2.48. The van der Waals surface area contributed by atoms with Gasteiger partial charge in [0.2, 0.25) is 11.8 Å². The fraction of sp³-hybridized carbons (Fsp3) is 0.600. The number of benzene rings is 2. The molecule has 0 aliphatic carbocycles. The monoisotopic (exact) mass is 1090 g/mol. The first-order valence-corrected chi connectivity index (χ1v) is 27.8. The van der Waals surface area contributed by atoms with E-state index in [2.05, 4.69) is 52.6 Å². The van der Waals surface area contributed by atoms with Crippen LogP contribution in [0.15, 0.2) is 60.9 Å². The molecule has 18 nitrogen and oxygen atoms in total. The molecular weight excluding hydrogens is 1020 g/mol. The number of aromatic nitrogens is 4. The van der Waals surface area contributed by atoms with Crippen molar-refractivity contribution in [2.75, 3.05) is 106 Å². The lowest BCUT2D eigenvalue weighted by atomic mass is 9.80. The zero-order chi connectivity index (χ0) is 53.7. The SMILES string of the molecule is CC(=O)Nc1ccn(C(=O)N2CCC3(CCCN3Cc3ccc(C(F)(F)F)cc3N3CCOC(C4CN(Cc5ccc(Cl)cc5N5CCC6(CCOCC6)C5)C5(CCN(C(=O)n6ccc(NC(C)=O)n6)CC5)C4)C3)CC2)n1. The molecule has 3 spiro atoms. The maximum absolute atomic E-state index is 14.7. The molecule has 414 valence electrons. The van der Waals surface area contributed by atoms with E-state index in [-0.39, 0.29) is 52.4 Å². The maximum Gasteiger partial charge on any atom is 0.416 e. The summed E-state index contributed by atoms with van der Waals surface area (Å²) in [6.45, 7) is 12.1. The van der Waals surface area contributed by atoms with Gasteiger partial charge in [0, 0.05) is 157 Å². The Morgan fingerprint density at radius 2 is 1.26 bits per heavy atom. The first-order chi connectivity index (χ1) is 37.0. The van der Waals surface area contributed by atoms with Crippen molar-refractivity contribution in [3.8, 4) is 0 Å². The Labute approximate surface area is 452 Å². The lowest BCUT2D eigenvalue weighted by Crippen LogP contribution is -2.53. The molecule has 4 amide bonds. The number of anilines is 4. The number of carbonyl (C=O) groups is 4. The van der Waals surface area contributed by atoms with E-state index in [1.165, 1.54) is 40.9 Å². The van der Waals surface area contributed by atoms with Crippen LogP contribution in [0.25, 0.3) is 0 Å². The van der Waals surface area contributed by atoms with Crippen LogP contribution in [0.1, 0.15) is 94.7 Å². The van der Waals surface area contributed by atoms with Gasteiger partial charge < -0.3 is 39.7 Å². The molecule has 11 rings (SSSR count). The number of carbonyl (C=O) groups excluding carboxylic acids is 4. The first-order valence-electron chi connectivity index (χ1n) is 27.4. The number of halogens is 4. The predicted molar refractivity (Wildman–Crippen MR) is 284 cm³/mol. The van der Waals surface area contributed by atoms with E-state index < -0.39 is 11.7 Å². The molecule has 2 aromatic carbocycles. The molecule has 4 aromatic rings. The molecule has 2 atom stereocenters. The summed E-state index contributed by atoms with van der Waals surface area (Å²) in [5.74, 6) is 0.101. The summed E-state index contributed by atoms with van der Waals surface area (Å²) in [5.41, 5.74) is 2.76. The van der Waals surface area contributed by atoms with Gasteiger partial charge in [0.15, 0.2) is 11.6 Å². The summed E-state index contributed by atoms with van der Waals surface area (Å²) in [6.07, 6.45) is 6.99. The standard InChI is InChI=1S/C55H70ClF3N12O6/c1-38(72)60-48-8-19-70(62-48)50(74)64-22-12-53(13-23-64)10-3-18-68(53)33-40-4-6-43(55(57,58)59)30-45(40)66-26-29-77-47(36-66)42-32-54(14-24-65(25-15-54)51(75)71-20-9-49(63-71)61-39(2)73)69(35-42)34-41-5-7-44(56)31-46(41)67-21-11-52(37-67)16-27-76-28-17-52/h4-9,19-20,30-31,42,47H,3,10-18,21-29,32-37H2,1-2H3,(H,60,62,72)(H,61,63,73). The minimum atomic E-state index is -4.54. The highest BCUT2D eigenvalue weighted by atomic mass is 35.5. The van der Waals surface area contributed by atoms with E-state index in [0.29, 0.717) is 114 Å². The average molecular weight is 1090 g/mol. The lowest BCUT2D eigenvalue weighted by Gasteiger charge is -2.45. The fourth-order valence-electron chi connectivity index (χ4n) is 13.9. The van der Waals surface area contributed by atoms with Gasteiger partial charge in [-0.3, -0.25) is 19.4 Å². The van der Waals surface area contributed by atoms with E-state index >= 15 is 0 Å². The molecule has 77 heavy (non-hydrogen) atoms. The number of morpholine rings is 1. The number of nitrogens with zero attached hydrogens (tertiary/aromatic N) is 10. The van der Waals surface area contributed by atoms with Gasteiger partial charge in [-0.2, -0.15) is 22.5 Å². The van der Waals surface area contributed by atoms with Crippen molar-refractivity contribution >= 4 is 58.5 Å². The van der Waals surface area contributed by atoms with Crippen LogP contribution < -0.4 is 20.4 Å². The van der Waals surface area contributed by atoms with Crippen molar-refractivity contribution in [1.29, 1.82) is 0 Å². The number of nitrogens with one attached hydrogen (secondary N) is 2. The molecule has 0 radical (unpaired) electrons. The van der Waals surface area contributed by atoms with E-state index in [1.807, 2.05) is 11.0 Å². The smallest absolute Gasteiger partial charge is 0.381 e. The summed E-state index contributed by atoms with van der Waals surface area (Å²) >= 11 is 6.78. The van der Waals surface area contributed by atoms with E-state index in [4.69, 9.17) is 21.1 Å². The highest BCUT2D eigenvalue weighted by molar-refractivity contribution is 6.30. The van der Waals surface area contributed by atoms with Gasteiger partial charge in [-0.25, -0.2) is 9.59 Å². The molecule has 7 aliphatic heterocycles. The number of amides is 4. The third-order valence-corrected chi connectivity index (χ3v) is 18.3. The number of likely N-dealkylation sites (tertiary alicyclic amines) is 4. The minimum Gasteiger partial charge on any atom is -0.381 e. The Morgan fingerprint density at radius 3 is 1.88 bits per heavy atom. The summed E-state index contributed by atoms with van der Waals surface area (Å²) in [7, 11) is 0. The van der Waals surface area contributed by atoms with Crippen LogP contribution in [-0.4, -0.2) is 165 Å². The molecule has 2 N–H and O–H groups in total. The summed E-state index contributed by atoms with van der Waals surface area (Å²) < 4.78 is 59.0. The molecule has 0 saturated carbocycles. The van der Waals surface area contributed by atoms with E-state index in [1.54, 1.807) is 35.5 Å². The number of hydrogen-bond donors (Lipinski definition) is 2. The second-order valence-electron chi connectivity index (χ2n) is 22.8. The molecule has 7 fully saturated rings. The van der Waals surface area contributed by atoms with Gasteiger partial charge in [0.25, 0.3) is 0 Å². The van der Waals surface area contributed by atoms with Crippen LogP contribution >= 0.6 is 11.6 Å². The zero-order valence-electron chi connectivity index (χ0n) is 44.0. The number of hydrogen-bond acceptors (Lipinski definition) is 12. The topological polar surface area (TPSA) is 166 Å². The predicted octanol–water partition coefficient (Wildman–Crippen LogP) is 8.00. The summed E-state index contributed by atoms with van der Waals surface area (Å²) in [5, 5.41) is 14.5. The average Bonchev–Trinajstić information content (AvgIpc) is 4.34. The largest absolute Gasteiger partial charge is 0.416 e. The summed E-state index contributed by atoms with van der Waals surface area (Å²) in [6, 6.07) is 13.1. The van der Waals surface area contributed by atoms with Crippen LogP contribution in [0, 0.1) is 11.3 Å². The molecule has 22 heteroatoms. The van der Waals surface area contributed by atoms with Crippen LogP contribution in [0.2, 0.25) is 5.02 Å². The molecule has 2 aromatic heterocycles. The molecule has 2 unspecified atom stereocenters. The van der Waals surface area contributed by atoms with Gasteiger partial charge in [0.05, 0.1) is 18.3 Å². The van der Waals surface area contributed by atoms with Crippen molar-refractivity contribution in [2.45, 2.75) is 115 Å². The molecule has 0 bridgehead atoms. The number of ether oxygens (including phenoxy) is 2. The number of piperidine rings is 2. The van der Waals surface area contributed by atoms with Crippen LogP contribution in [-0.2, 0) is 38.3 Å². The van der Waals surface area contributed by atoms with Crippen molar-refractivity contribution in [3.63, 3.8) is 0 Å². The second-order valence-corrected chi connectivity index (χ2v) is 23.2. The van der Waals surface area contributed by atoms with Crippen molar-refractivity contribution < 1.29 is 41.8 Å². The third kappa shape index (κ3) is 11.2. The molecule has 7 aliphatic rings. The lowest BCUT2D eigenvalue weighted by molar-refractivity contribution is -0.137. The first kappa shape index (κ1) is 53.3. The Morgan fingerprint density at radius 1 is 0.662 bits per heavy atom. The van der Waals surface area contributed by atoms with Gasteiger partial charge in [0.1, 0.15) is 0 Å². The van der Waals surface area contributed by atoms with Crippen molar-refractivity contribution in [3.05, 3.63) is 82.6 Å². The van der Waals surface area contributed by atoms with E-state index in [9.17, 15) is 32.3 Å². The zero-order valence-corrected chi connectivity index (χ0v) is 44.8. The Kier molecular flexibility index (Phi) is 14.9. The van der Waals surface area contributed by atoms with Gasteiger partial charge in [-0.05, 0) is 112 Å². The number of rotatable bonds is 9. The second kappa shape index (κ2) is 21.5. The van der Waals surface area contributed by atoms with Gasteiger partial charge in [-0.1, -0.05) is 23.7 Å². The normalized spacial score (nSPS) is 23.6. The number of alkyl halides is 3. The van der Waals surface area contributed by atoms with Gasteiger partial charge in [-0.15, -0.1) is 10.2 Å². The van der Waals surface area contributed by atoms with Gasteiger partial charge >= 0.3 is 18.2 Å². The molecular formula is C55H70ClF3N12O6. The van der Waals surface area contributed by atoms with Crippen molar-refractivity contribution in [1.82, 2.24) is 39.2 Å². The molecule has 9 heterocycles. The van der Waals surface area contributed by atoms with Crippen LogP contribution in [0.5, 0.6) is 0 Å². The molecule has 7 saturated heterocycles. The summed E-state index contributed by atoms with van der Waals surface area (Å²) in [4.78, 5) is 63.9. The van der Waals surface area contributed by atoms with Crippen LogP contribution in [0.4, 0.5) is 45.8 Å². The quantitative estimate of drug-likeness (QED) is 0.166. The fourth-order valence-corrected chi connectivity index (χ4v) is 14.1. The highest BCUT2D eigenvalue weighted by Gasteiger charge is 2.51. The maximum atomic E-state index is 14.7. The Balaban J connectivity index is 0.827. The Hall–Kier alpha value is -5.74.